The quantitative estimate of drug-likeness (QED) is 0.818. The molecule has 2 aromatic heterocycles. The van der Waals surface area contributed by atoms with Crippen LogP contribution in [0.3, 0.4) is 0 Å². The Balaban J connectivity index is 1.83. The van der Waals surface area contributed by atoms with E-state index >= 15 is 0 Å². The fraction of sp³-hybridized carbons (Fsp3) is 0.533. The summed E-state index contributed by atoms with van der Waals surface area (Å²) in [6, 6.07) is 2.10. The molecule has 1 atom stereocenters. The lowest BCUT2D eigenvalue weighted by Crippen LogP contribution is -2.31. The van der Waals surface area contributed by atoms with Gasteiger partial charge in [0.15, 0.2) is 0 Å². The lowest BCUT2D eigenvalue weighted by molar-refractivity contribution is 0.128. The van der Waals surface area contributed by atoms with E-state index in [1.807, 2.05) is 13.1 Å². The van der Waals surface area contributed by atoms with E-state index in [-0.39, 0.29) is 11.5 Å². The lowest BCUT2D eigenvalue weighted by Gasteiger charge is -2.26. The summed E-state index contributed by atoms with van der Waals surface area (Å²) in [4.78, 5) is 5.72. The minimum absolute atomic E-state index is 0.106. The van der Waals surface area contributed by atoms with Crippen molar-refractivity contribution in [2.75, 3.05) is 6.54 Å². The molecule has 0 aliphatic carbocycles. The summed E-state index contributed by atoms with van der Waals surface area (Å²) >= 11 is 3.44. The number of thiophene rings is 1. The number of aromatic nitrogens is 1. The van der Waals surface area contributed by atoms with Crippen molar-refractivity contribution in [3.63, 3.8) is 0 Å². The van der Waals surface area contributed by atoms with Gasteiger partial charge in [0.05, 0.1) is 6.10 Å². The Morgan fingerprint density at radius 1 is 1.45 bits per heavy atom. The van der Waals surface area contributed by atoms with Crippen LogP contribution in [0.5, 0.6) is 0 Å². The predicted octanol–water partition coefficient (Wildman–Crippen LogP) is 3.76. The van der Waals surface area contributed by atoms with E-state index in [4.69, 9.17) is 0 Å². The Kier molecular flexibility index (Phi) is 5.32. The molecule has 2 N–H and O–H groups in total. The van der Waals surface area contributed by atoms with Gasteiger partial charge in [0.25, 0.3) is 0 Å². The summed E-state index contributed by atoms with van der Waals surface area (Å²) in [7, 11) is 0. The van der Waals surface area contributed by atoms with Crippen LogP contribution in [0.4, 0.5) is 0 Å². The molecule has 1 unspecified atom stereocenters. The Labute approximate surface area is 128 Å². The van der Waals surface area contributed by atoms with E-state index in [0.29, 0.717) is 0 Å². The van der Waals surface area contributed by atoms with Crippen molar-refractivity contribution in [2.24, 2.45) is 5.41 Å². The van der Waals surface area contributed by atoms with Crippen molar-refractivity contribution in [1.82, 2.24) is 10.3 Å². The Hall–Kier alpha value is -0.750. The molecule has 3 nitrogen and oxygen atoms in total. The molecule has 110 valence electrons. The molecule has 20 heavy (non-hydrogen) atoms. The van der Waals surface area contributed by atoms with Crippen molar-refractivity contribution < 1.29 is 5.11 Å². The summed E-state index contributed by atoms with van der Waals surface area (Å²) in [5.74, 6) is 0. The monoisotopic (exact) mass is 310 g/mol. The summed E-state index contributed by atoms with van der Waals surface area (Å²) in [5.41, 5.74) is 1.32. The molecule has 0 aliphatic heterocycles. The molecule has 2 aromatic rings. The largest absolute Gasteiger partial charge is 0.393 e. The molecule has 0 fully saturated rings. The summed E-state index contributed by atoms with van der Waals surface area (Å²) in [6.45, 7) is 7.93. The van der Waals surface area contributed by atoms with E-state index < -0.39 is 0 Å². The van der Waals surface area contributed by atoms with Gasteiger partial charge in [-0.25, -0.2) is 4.98 Å². The number of nitrogens with one attached hydrogen (secondary N) is 1. The van der Waals surface area contributed by atoms with Gasteiger partial charge in [0, 0.05) is 35.1 Å². The molecule has 2 heterocycles. The molecule has 0 radical (unpaired) electrons. The van der Waals surface area contributed by atoms with Gasteiger partial charge in [0.2, 0.25) is 0 Å². The topological polar surface area (TPSA) is 45.1 Å². The average Bonchev–Trinajstić information content (AvgIpc) is 2.96. The summed E-state index contributed by atoms with van der Waals surface area (Å²) in [6.07, 6.45) is 2.51. The van der Waals surface area contributed by atoms with Gasteiger partial charge < -0.3 is 10.4 Å². The van der Waals surface area contributed by atoms with Crippen molar-refractivity contribution in [3.05, 3.63) is 27.9 Å². The number of aliphatic hydroxyl groups excluding tert-OH is 1. The highest BCUT2D eigenvalue weighted by molar-refractivity contribution is 7.15. The second kappa shape index (κ2) is 6.80. The van der Waals surface area contributed by atoms with Gasteiger partial charge in [-0.1, -0.05) is 13.8 Å². The van der Waals surface area contributed by atoms with Crippen LogP contribution in [-0.4, -0.2) is 22.7 Å². The van der Waals surface area contributed by atoms with Crippen LogP contribution < -0.4 is 5.32 Å². The van der Waals surface area contributed by atoms with E-state index in [2.05, 4.69) is 41.0 Å². The number of thiazole rings is 1. The molecule has 0 amide bonds. The third kappa shape index (κ3) is 4.66. The zero-order valence-corrected chi connectivity index (χ0v) is 13.9. The first-order valence-corrected chi connectivity index (χ1v) is 8.58. The van der Waals surface area contributed by atoms with Crippen LogP contribution in [0, 0.1) is 5.41 Å². The maximum Gasteiger partial charge on any atom is 0.124 e. The van der Waals surface area contributed by atoms with Crippen LogP contribution in [0.1, 0.15) is 32.1 Å². The molecule has 0 saturated carbocycles. The van der Waals surface area contributed by atoms with Gasteiger partial charge in [0.1, 0.15) is 5.01 Å². The highest BCUT2D eigenvalue weighted by Crippen LogP contribution is 2.27. The zero-order chi connectivity index (χ0) is 14.6. The molecule has 2 rings (SSSR count). The van der Waals surface area contributed by atoms with Crippen molar-refractivity contribution in [2.45, 2.75) is 39.8 Å². The fourth-order valence-corrected chi connectivity index (χ4v) is 3.90. The number of rotatable bonds is 7. The van der Waals surface area contributed by atoms with E-state index in [1.165, 1.54) is 10.4 Å². The van der Waals surface area contributed by atoms with Crippen molar-refractivity contribution in [1.29, 1.82) is 0 Å². The van der Waals surface area contributed by atoms with Gasteiger partial charge in [-0.3, -0.25) is 0 Å². The van der Waals surface area contributed by atoms with E-state index in [0.717, 1.165) is 24.5 Å². The highest BCUT2D eigenvalue weighted by Gasteiger charge is 2.19. The minimum atomic E-state index is -0.250. The molecule has 0 spiro atoms. The van der Waals surface area contributed by atoms with Gasteiger partial charge >= 0.3 is 0 Å². The standard InChI is InChI=1S/C15H22N2OS2/c1-11(18)6-15(2,3)10-16-7-13-8-17-14(20-13)12-4-5-19-9-12/h4-5,8-9,11,16,18H,6-7,10H2,1-3H3. The van der Waals surface area contributed by atoms with Crippen LogP contribution in [0.15, 0.2) is 23.0 Å². The minimum Gasteiger partial charge on any atom is -0.393 e. The second-order valence-corrected chi connectivity index (χ2v) is 7.86. The molecule has 0 aromatic carbocycles. The molecular formula is C15H22N2OS2. The van der Waals surface area contributed by atoms with Gasteiger partial charge in [-0.15, -0.1) is 11.3 Å². The number of hydrogen-bond donors (Lipinski definition) is 2. The molecule has 5 heteroatoms. The molecule has 0 saturated heterocycles. The summed E-state index contributed by atoms with van der Waals surface area (Å²) < 4.78 is 0. The maximum absolute atomic E-state index is 9.48. The number of hydrogen-bond acceptors (Lipinski definition) is 5. The first kappa shape index (κ1) is 15.6. The normalized spacial score (nSPS) is 13.6. The highest BCUT2D eigenvalue weighted by atomic mass is 32.1. The van der Waals surface area contributed by atoms with Crippen LogP contribution in [0.25, 0.3) is 10.6 Å². The Morgan fingerprint density at radius 2 is 2.25 bits per heavy atom. The molecule has 0 aliphatic rings. The molecular weight excluding hydrogens is 288 g/mol. The first-order valence-electron chi connectivity index (χ1n) is 6.82. The Bertz CT molecular complexity index is 518. The van der Waals surface area contributed by atoms with Crippen LogP contribution >= 0.6 is 22.7 Å². The van der Waals surface area contributed by atoms with Crippen LogP contribution in [0.2, 0.25) is 0 Å². The smallest absolute Gasteiger partial charge is 0.124 e. The third-order valence-corrected chi connectivity index (χ3v) is 4.80. The number of nitrogens with zero attached hydrogens (tertiary/aromatic N) is 1. The van der Waals surface area contributed by atoms with E-state index in [1.54, 1.807) is 22.7 Å². The zero-order valence-electron chi connectivity index (χ0n) is 12.2. The van der Waals surface area contributed by atoms with Crippen molar-refractivity contribution in [3.8, 4) is 10.6 Å². The second-order valence-electron chi connectivity index (χ2n) is 5.96. The Morgan fingerprint density at radius 3 is 2.90 bits per heavy atom. The number of aliphatic hydroxyl groups is 1. The van der Waals surface area contributed by atoms with Gasteiger partial charge in [-0.05, 0) is 30.2 Å². The first-order chi connectivity index (χ1) is 9.46. The van der Waals surface area contributed by atoms with Crippen molar-refractivity contribution >= 4 is 22.7 Å². The van der Waals surface area contributed by atoms with Gasteiger partial charge in [-0.2, -0.15) is 11.3 Å². The third-order valence-electron chi connectivity index (χ3n) is 3.07. The maximum atomic E-state index is 9.48. The predicted molar refractivity (Wildman–Crippen MR) is 87.2 cm³/mol. The average molecular weight is 310 g/mol. The lowest BCUT2D eigenvalue weighted by atomic mass is 9.87. The summed E-state index contributed by atoms with van der Waals surface area (Å²) in [5, 5.41) is 18.2. The SMILES string of the molecule is CC(O)CC(C)(C)CNCc1cnc(-c2ccsc2)s1. The van der Waals surface area contributed by atoms with Crippen LogP contribution in [-0.2, 0) is 6.54 Å². The fourth-order valence-electron chi connectivity index (χ4n) is 2.30. The molecule has 0 bridgehead atoms. The van der Waals surface area contributed by atoms with E-state index in [9.17, 15) is 5.11 Å².